The van der Waals surface area contributed by atoms with E-state index < -0.39 is 0 Å². The minimum Gasteiger partial charge on any atom is -0.492 e. The second-order valence-electron chi connectivity index (χ2n) is 5.56. The maximum atomic E-state index is 12.3. The lowest BCUT2D eigenvalue weighted by molar-refractivity contribution is 0.293. The summed E-state index contributed by atoms with van der Waals surface area (Å²) in [6.45, 7) is 6.87. The molecule has 0 aliphatic heterocycles. The Bertz CT molecular complexity index is 754. The molecule has 0 unspecified atom stereocenters. The third-order valence-electron chi connectivity index (χ3n) is 3.49. The van der Waals surface area contributed by atoms with Crippen LogP contribution in [0.4, 0.5) is 0 Å². The summed E-state index contributed by atoms with van der Waals surface area (Å²) in [7, 11) is 0. The second kappa shape index (κ2) is 6.95. The van der Waals surface area contributed by atoms with Crippen LogP contribution in [0.25, 0.3) is 0 Å². The molecule has 0 atom stereocenters. The maximum Gasteiger partial charge on any atom is 0.268 e. The lowest BCUT2D eigenvalue weighted by atomic mass is 10.1. The van der Waals surface area contributed by atoms with Crippen molar-refractivity contribution in [2.45, 2.75) is 33.2 Å². The van der Waals surface area contributed by atoms with Gasteiger partial charge in [-0.2, -0.15) is 5.26 Å². The van der Waals surface area contributed by atoms with Crippen molar-refractivity contribution in [1.82, 2.24) is 4.57 Å². The van der Waals surface area contributed by atoms with E-state index in [2.05, 4.69) is 0 Å². The van der Waals surface area contributed by atoms with Crippen molar-refractivity contribution in [3.8, 4) is 11.8 Å². The van der Waals surface area contributed by atoms with Crippen molar-refractivity contribution in [3.63, 3.8) is 0 Å². The van der Waals surface area contributed by atoms with Crippen LogP contribution in [-0.4, -0.2) is 11.2 Å². The molecule has 0 amide bonds. The lowest BCUT2D eigenvalue weighted by Crippen LogP contribution is -2.28. The highest BCUT2D eigenvalue weighted by molar-refractivity contribution is 5.29. The first-order valence-electron chi connectivity index (χ1n) is 7.36. The number of nitriles is 1. The van der Waals surface area contributed by atoms with Gasteiger partial charge in [-0.15, -0.1) is 0 Å². The first-order chi connectivity index (χ1) is 10.5. The van der Waals surface area contributed by atoms with Gasteiger partial charge in [0, 0.05) is 5.69 Å². The number of rotatable bonds is 5. The molecule has 1 aromatic carbocycles. The smallest absolute Gasteiger partial charge is 0.268 e. The third-order valence-corrected chi connectivity index (χ3v) is 3.49. The van der Waals surface area contributed by atoms with Crippen LogP contribution < -0.4 is 10.3 Å². The number of nitrogens with zero attached hydrogens (tertiary/aromatic N) is 2. The summed E-state index contributed by atoms with van der Waals surface area (Å²) in [5.74, 6) is 0.995. The van der Waals surface area contributed by atoms with Crippen LogP contribution in [0.1, 0.15) is 36.6 Å². The molecule has 0 saturated carbocycles. The zero-order valence-corrected chi connectivity index (χ0v) is 13.2. The summed E-state index contributed by atoms with van der Waals surface area (Å²) in [5, 5.41) is 9.01. The quantitative estimate of drug-likeness (QED) is 0.851. The Morgan fingerprint density at radius 3 is 2.68 bits per heavy atom. The molecule has 0 aliphatic carbocycles. The van der Waals surface area contributed by atoms with Crippen LogP contribution in [0, 0.1) is 18.3 Å². The molecule has 1 heterocycles. The molecule has 0 bridgehead atoms. The number of hydrogen-bond donors (Lipinski definition) is 0. The van der Waals surface area contributed by atoms with Gasteiger partial charge in [-0.05, 0) is 42.7 Å². The van der Waals surface area contributed by atoms with Gasteiger partial charge in [0.05, 0.1) is 6.54 Å². The Balaban J connectivity index is 2.18. The van der Waals surface area contributed by atoms with Crippen LogP contribution in [-0.2, 0) is 6.54 Å². The number of ether oxygens (including phenoxy) is 1. The third kappa shape index (κ3) is 3.56. The SMILES string of the molecule is Cc1cccc(OCCn2c(C(C)C)ccc(C#N)c2=O)c1. The van der Waals surface area contributed by atoms with Crippen LogP contribution >= 0.6 is 0 Å². The fourth-order valence-electron chi connectivity index (χ4n) is 2.37. The van der Waals surface area contributed by atoms with Crippen molar-refractivity contribution < 1.29 is 4.74 Å². The Kier molecular flexibility index (Phi) is 5.00. The first-order valence-corrected chi connectivity index (χ1v) is 7.36. The molecule has 4 heteroatoms. The van der Waals surface area contributed by atoms with Crippen molar-refractivity contribution in [2.24, 2.45) is 0 Å². The number of aryl methyl sites for hydroxylation is 1. The molecule has 0 fully saturated rings. The molecule has 114 valence electrons. The molecule has 0 saturated heterocycles. The van der Waals surface area contributed by atoms with Crippen molar-refractivity contribution in [2.75, 3.05) is 6.61 Å². The molecule has 0 radical (unpaired) electrons. The summed E-state index contributed by atoms with van der Waals surface area (Å²) in [4.78, 5) is 12.3. The number of hydrogen-bond acceptors (Lipinski definition) is 3. The molecule has 1 aromatic heterocycles. The topological polar surface area (TPSA) is 55.0 Å². The summed E-state index contributed by atoms with van der Waals surface area (Å²) in [5.41, 5.74) is 1.96. The fourth-order valence-corrected chi connectivity index (χ4v) is 2.37. The molecule has 0 aliphatic rings. The Hall–Kier alpha value is -2.54. The molecule has 2 rings (SSSR count). The summed E-state index contributed by atoms with van der Waals surface area (Å²) >= 11 is 0. The van der Waals surface area contributed by atoms with Crippen LogP contribution in [0.15, 0.2) is 41.2 Å². The average Bonchev–Trinajstić information content (AvgIpc) is 2.48. The van der Waals surface area contributed by atoms with E-state index in [-0.39, 0.29) is 17.0 Å². The van der Waals surface area contributed by atoms with Crippen molar-refractivity contribution in [1.29, 1.82) is 5.26 Å². The van der Waals surface area contributed by atoms with Gasteiger partial charge in [0.1, 0.15) is 24.0 Å². The predicted molar refractivity (Wildman–Crippen MR) is 86.2 cm³/mol. The van der Waals surface area contributed by atoms with E-state index in [1.54, 1.807) is 10.6 Å². The Labute approximate surface area is 130 Å². The normalized spacial score (nSPS) is 10.5. The molecule has 0 spiro atoms. The number of pyridine rings is 1. The van der Waals surface area contributed by atoms with Crippen molar-refractivity contribution >= 4 is 0 Å². The zero-order chi connectivity index (χ0) is 16.1. The zero-order valence-electron chi connectivity index (χ0n) is 13.2. The van der Waals surface area contributed by atoms with Gasteiger partial charge in [0.15, 0.2) is 0 Å². The fraction of sp³-hybridized carbons (Fsp3) is 0.333. The Morgan fingerprint density at radius 1 is 1.27 bits per heavy atom. The van der Waals surface area contributed by atoms with Gasteiger partial charge < -0.3 is 9.30 Å². The maximum absolute atomic E-state index is 12.3. The lowest BCUT2D eigenvalue weighted by Gasteiger charge is -2.16. The van der Waals surface area contributed by atoms with E-state index in [1.807, 2.05) is 57.2 Å². The summed E-state index contributed by atoms with van der Waals surface area (Å²) < 4.78 is 7.35. The van der Waals surface area contributed by atoms with Crippen molar-refractivity contribution in [3.05, 3.63) is 63.6 Å². The highest BCUT2D eigenvalue weighted by Gasteiger charge is 2.11. The Morgan fingerprint density at radius 2 is 2.05 bits per heavy atom. The van der Waals surface area contributed by atoms with Gasteiger partial charge in [-0.25, -0.2) is 0 Å². The minimum absolute atomic E-state index is 0.167. The van der Waals surface area contributed by atoms with E-state index in [0.29, 0.717) is 13.2 Å². The predicted octanol–water partition coefficient (Wildman–Crippen LogP) is 3.23. The number of aromatic nitrogens is 1. The van der Waals surface area contributed by atoms with Gasteiger partial charge in [0.25, 0.3) is 5.56 Å². The minimum atomic E-state index is -0.249. The summed E-state index contributed by atoms with van der Waals surface area (Å²) in [6, 6.07) is 13.2. The van der Waals surface area contributed by atoms with Gasteiger partial charge in [0.2, 0.25) is 0 Å². The standard InChI is InChI=1S/C18H20N2O2/c1-13(2)17-8-7-15(12-19)18(21)20(17)9-10-22-16-6-4-5-14(3)11-16/h4-8,11,13H,9-10H2,1-3H3. The van der Waals surface area contributed by atoms with Gasteiger partial charge in [-0.3, -0.25) is 4.79 Å². The van der Waals surface area contributed by atoms with Crippen LogP contribution in [0.2, 0.25) is 0 Å². The largest absolute Gasteiger partial charge is 0.492 e. The van der Waals surface area contributed by atoms with E-state index >= 15 is 0 Å². The van der Waals surface area contributed by atoms with E-state index in [4.69, 9.17) is 10.00 Å². The monoisotopic (exact) mass is 296 g/mol. The van der Waals surface area contributed by atoms with Crippen LogP contribution in [0.3, 0.4) is 0 Å². The van der Waals surface area contributed by atoms with E-state index in [0.717, 1.165) is 17.0 Å². The molecule has 4 nitrogen and oxygen atoms in total. The first kappa shape index (κ1) is 15.8. The van der Waals surface area contributed by atoms with Crippen LogP contribution in [0.5, 0.6) is 5.75 Å². The second-order valence-corrected chi connectivity index (χ2v) is 5.56. The van der Waals surface area contributed by atoms with E-state index in [9.17, 15) is 4.79 Å². The average molecular weight is 296 g/mol. The molecular formula is C18H20N2O2. The summed E-state index contributed by atoms with van der Waals surface area (Å²) in [6.07, 6.45) is 0. The molecular weight excluding hydrogens is 276 g/mol. The molecule has 22 heavy (non-hydrogen) atoms. The van der Waals surface area contributed by atoms with Gasteiger partial charge >= 0.3 is 0 Å². The highest BCUT2D eigenvalue weighted by Crippen LogP contribution is 2.14. The van der Waals surface area contributed by atoms with Gasteiger partial charge in [-0.1, -0.05) is 26.0 Å². The molecule has 2 aromatic rings. The number of benzene rings is 1. The molecule has 0 N–H and O–H groups in total. The highest BCUT2D eigenvalue weighted by atomic mass is 16.5. The van der Waals surface area contributed by atoms with E-state index in [1.165, 1.54) is 0 Å².